The van der Waals surface area contributed by atoms with E-state index in [-0.39, 0.29) is 16.4 Å². The van der Waals surface area contributed by atoms with Gasteiger partial charge in [-0.1, -0.05) is 63.4 Å². The van der Waals surface area contributed by atoms with Crippen molar-refractivity contribution < 1.29 is 5.11 Å². The minimum absolute atomic E-state index is 0.190. The quantitative estimate of drug-likeness (QED) is 0.462. The van der Waals surface area contributed by atoms with E-state index in [2.05, 4.69) is 68.4 Å². The zero-order valence-electron chi connectivity index (χ0n) is 23.6. The van der Waals surface area contributed by atoms with Gasteiger partial charge < -0.3 is 14.7 Å². The van der Waals surface area contributed by atoms with Gasteiger partial charge in [0.15, 0.2) is 11.6 Å². The average molecular weight is 516 g/mol. The van der Waals surface area contributed by atoms with Gasteiger partial charge in [-0.3, -0.25) is 9.80 Å². The van der Waals surface area contributed by atoms with Crippen LogP contribution >= 0.6 is 10.7 Å². The highest BCUT2D eigenvalue weighted by atomic mass is 32.2. The Morgan fingerprint density at radius 3 is 2.25 bits per heavy atom. The third-order valence-electron chi connectivity index (χ3n) is 6.67. The van der Waals surface area contributed by atoms with Crippen LogP contribution in [0.15, 0.2) is 36.5 Å². The number of hydrogen-bond donors (Lipinski definition) is 2. The summed E-state index contributed by atoms with van der Waals surface area (Å²) in [4.78, 5) is 12.0. The lowest BCUT2D eigenvalue weighted by atomic mass is 9.99. The zero-order chi connectivity index (χ0) is 26.7. The maximum atomic E-state index is 10.5. The van der Waals surface area contributed by atoms with Crippen LogP contribution in [0.1, 0.15) is 58.6 Å². The summed E-state index contributed by atoms with van der Waals surface area (Å²) in [5, 5.41) is 10.5. The van der Waals surface area contributed by atoms with Crippen LogP contribution in [0.2, 0.25) is 0 Å². The van der Waals surface area contributed by atoms with Crippen molar-refractivity contribution >= 4 is 28.0 Å². The summed E-state index contributed by atoms with van der Waals surface area (Å²) in [7, 11) is -0.190. The van der Waals surface area contributed by atoms with Crippen LogP contribution in [0.5, 0.6) is 5.75 Å². The maximum absolute atomic E-state index is 10.5. The number of piperidine rings is 1. The Morgan fingerprint density at radius 1 is 1.06 bits per heavy atom. The van der Waals surface area contributed by atoms with E-state index in [9.17, 15) is 5.11 Å². The van der Waals surface area contributed by atoms with E-state index in [1.54, 1.807) is 12.3 Å². The van der Waals surface area contributed by atoms with Crippen molar-refractivity contribution in [2.75, 3.05) is 48.6 Å². The molecule has 0 amide bonds. The van der Waals surface area contributed by atoms with Crippen molar-refractivity contribution in [3.63, 3.8) is 0 Å². The average Bonchev–Trinajstić information content (AvgIpc) is 2.88. The number of anilines is 2. The van der Waals surface area contributed by atoms with Crippen LogP contribution < -0.4 is 9.62 Å². The molecule has 202 valence electrons. The van der Waals surface area contributed by atoms with Crippen LogP contribution in [0, 0.1) is 6.92 Å². The fraction of sp³-hybridized carbons (Fsp3) is 0.586. The molecule has 0 radical (unpaired) electrons. The predicted molar refractivity (Wildman–Crippen MR) is 161 cm³/mol. The summed E-state index contributed by atoms with van der Waals surface area (Å²) in [5.41, 5.74) is 3.55. The lowest BCUT2D eigenvalue weighted by Crippen LogP contribution is -2.57. The van der Waals surface area contributed by atoms with Gasteiger partial charge in [-0.2, -0.15) is 0 Å². The third-order valence-corrected chi connectivity index (χ3v) is 7.25. The number of aromatic hydroxyl groups is 1. The smallest absolute Gasteiger partial charge is 0.171 e. The number of likely N-dealkylation sites (tertiary alicyclic amines) is 1. The standard InChI is InChI=1S/C25H37N5OS.2C2H6/c1-19-5-7-21(8-6-19)18-28-11-9-23(10-12-28)30-14-13-29(17-20(30)2)25-24(31)15-22(16-26-25)27-32(3)4;2*1-2/h5-8,15-16,20,23,27,31H,3,9-14,17-18H2,1-2,4H3;2*1-2H3. The lowest BCUT2D eigenvalue weighted by molar-refractivity contribution is 0.0689. The highest BCUT2D eigenvalue weighted by Crippen LogP contribution is 2.31. The molecule has 7 heteroatoms. The SMILES string of the molecule is C=S(C)Nc1cnc(N2CCN(C3CCN(Cc4ccc(C)cc4)CC3)C(C)C2)c(O)c1.CC.CC. The maximum Gasteiger partial charge on any atom is 0.171 e. The summed E-state index contributed by atoms with van der Waals surface area (Å²) < 4.78 is 3.22. The minimum atomic E-state index is -0.190. The first-order valence-corrected chi connectivity index (χ1v) is 15.4. The summed E-state index contributed by atoms with van der Waals surface area (Å²) in [6, 6.07) is 11.8. The molecule has 2 N–H and O–H groups in total. The van der Waals surface area contributed by atoms with E-state index >= 15 is 0 Å². The van der Waals surface area contributed by atoms with Gasteiger partial charge in [0.25, 0.3) is 0 Å². The van der Waals surface area contributed by atoms with E-state index in [0.717, 1.165) is 45.0 Å². The molecule has 6 nitrogen and oxygen atoms in total. The number of rotatable bonds is 6. The predicted octanol–water partition coefficient (Wildman–Crippen LogP) is 5.98. The molecule has 2 atom stereocenters. The van der Waals surface area contributed by atoms with Gasteiger partial charge in [0.2, 0.25) is 0 Å². The molecule has 2 aromatic rings. The zero-order valence-corrected chi connectivity index (χ0v) is 24.4. The van der Waals surface area contributed by atoms with Crippen LogP contribution in [0.25, 0.3) is 0 Å². The largest absolute Gasteiger partial charge is 0.504 e. The summed E-state index contributed by atoms with van der Waals surface area (Å²) >= 11 is 0. The van der Waals surface area contributed by atoms with E-state index in [0.29, 0.717) is 17.9 Å². The van der Waals surface area contributed by atoms with E-state index < -0.39 is 0 Å². The van der Waals surface area contributed by atoms with Gasteiger partial charge in [-0.25, -0.2) is 4.98 Å². The molecular weight excluding hydrogens is 466 g/mol. The van der Waals surface area contributed by atoms with Crippen molar-refractivity contribution in [3.05, 3.63) is 47.7 Å². The van der Waals surface area contributed by atoms with Crippen LogP contribution in [0.3, 0.4) is 0 Å². The Hall–Kier alpha value is -2.09. The number of pyridine rings is 1. The number of benzene rings is 1. The summed E-state index contributed by atoms with van der Waals surface area (Å²) in [6.07, 6.45) is 6.25. The van der Waals surface area contributed by atoms with Crippen molar-refractivity contribution in [2.45, 2.75) is 73.0 Å². The van der Waals surface area contributed by atoms with Gasteiger partial charge >= 0.3 is 0 Å². The molecule has 2 unspecified atom stereocenters. The number of hydrogen-bond acceptors (Lipinski definition) is 6. The molecule has 2 saturated heterocycles. The summed E-state index contributed by atoms with van der Waals surface area (Å²) in [5.74, 6) is 4.89. The van der Waals surface area contributed by atoms with Crippen LogP contribution in [-0.2, 0) is 6.54 Å². The highest BCUT2D eigenvalue weighted by molar-refractivity contribution is 8.14. The normalized spacial score (nSPS) is 20.0. The van der Waals surface area contributed by atoms with Gasteiger partial charge in [-0.15, -0.1) is 10.7 Å². The monoisotopic (exact) mass is 515 g/mol. The van der Waals surface area contributed by atoms with E-state index in [1.165, 1.54) is 24.0 Å². The van der Waals surface area contributed by atoms with Crippen molar-refractivity contribution in [1.82, 2.24) is 14.8 Å². The Bertz CT molecular complexity index is 928. The second-order valence-electron chi connectivity index (χ2n) is 9.33. The Kier molecular flexibility index (Phi) is 12.7. The van der Waals surface area contributed by atoms with Gasteiger partial charge in [0.05, 0.1) is 11.9 Å². The molecule has 0 spiro atoms. The number of nitrogens with one attached hydrogen (secondary N) is 1. The molecule has 2 aliphatic heterocycles. The van der Waals surface area contributed by atoms with Crippen LogP contribution in [-0.4, -0.2) is 76.8 Å². The first kappa shape index (κ1) is 30.1. The Balaban J connectivity index is 0.00000109. The number of nitrogens with zero attached hydrogens (tertiary/aromatic N) is 4. The van der Waals surface area contributed by atoms with Crippen molar-refractivity contribution in [2.24, 2.45) is 0 Å². The van der Waals surface area contributed by atoms with Crippen molar-refractivity contribution in [1.29, 1.82) is 0 Å². The molecule has 2 aliphatic rings. The first-order chi connectivity index (χ1) is 17.4. The second-order valence-corrected chi connectivity index (χ2v) is 10.8. The molecule has 2 fully saturated rings. The number of aromatic nitrogens is 1. The first-order valence-electron chi connectivity index (χ1n) is 13.6. The fourth-order valence-electron chi connectivity index (χ4n) is 5.01. The molecule has 4 rings (SSSR count). The third kappa shape index (κ3) is 8.49. The summed E-state index contributed by atoms with van der Waals surface area (Å²) in [6.45, 7) is 18.6. The molecule has 1 aromatic carbocycles. The Morgan fingerprint density at radius 2 is 1.69 bits per heavy atom. The van der Waals surface area contributed by atoms with Gasteiger partial charge in [-0.05, 0) is 51.6 Å². The highest BCUT2D eigenvalue weighted by Gasteiger charge is 2.32. The molecule has 3 heterocycles. The van der Waals surface area contributed by atoms with Gasteiger partial charge in [0, 0.05) is 44.3 Å². The fourth-order valence-corrected chi connectivity index (χ4v) is 5.53. The molecule has 0 aliphatic carbocycles. The minimum Gasteiger partial charge on any atom is -0.504 e. The molecule has 36 heavy (non-hydrogen) atoms. The number of piperazine rings is 1. The van der Waals surface area contributed by atoms with Crippen LogP contribution in [0.4, 0.5) is 11.5 Å². The van der Waals surface area contributed by atoms with Gasteiger partial charge in [0.1, 0.15) is 0 Å². The topological polar surface area (TPSA) is 54.9 Å². The second kappa shape index (κ2) is 15.2. The molecular formula is C29H49N5OS. The van der Waals surface area contributed by atoms with E-state index in [4.69, 9.17) is 0 Å². The molecule has 0 saturated carbocycles. The van der Waals surface area contributed by atoms with Crippen molar-refractivity contribution in [3.8, 4) is 5.75 Å². The Labute approximate surface area is 222 Å². The molecule has 0 bridgehead atoms. The molecule has 1 aromatic heterocycles. The number of aryl methyl sites for hydroxylation is 1. The lowest BCUT2D eigenvalue weighted by Gasteiger charge is -2.46. The van der Waals surface area contributed by atoms with E-state index in [1.807, 2.05) is 34.0 Å².